The SMILES string of the molecule is [2H]c1c([2H])c(C(=O)Nc2cc3cc(-c4cncn4C)ccc3cn2)c([2H])c([2H])c1OC. The zero-order valence-corrected chi connectivity index (χ0v) is 14.7. The molecule has 0 aliphatic heterocycles. The number of aryl methyl sites for hydroxylation is 1. The number of nitrogens with one attached hydrogen (secondary N) is 1. The van der Waals surface area contributed by atoms with Gasteiger partial charge in [-0.05, 0) is 41.7 Å². The molecule has 0 spiro atoms. The number of nitrogens with zero attached hydrogens (tertiary/aromatic N) is 3. The first-order valence-corrected chi connectivity index (χ1v) is 8.14. The Morgan fingerprint density at radius 3 is 2.67 bits per heavy atom. The Balaban J connectivity index is 1.70. The van der Waals surface area contributed by atoms with Gasteiger partial charge in [0.15, 0.2) is 0 Å². The number of ether oxygens (including phenoxy) is 1. The van der Waals surface area contributed by atoms with Gasteiger partial charge in [-0.15, -0.1) is 0 Å². The molecule has 2 aromatic heterocycles. The second-order valence-electron chi connectivity index (χ2n) is 5.88. The lowest BCUT2D eigenvalue weighted by molar-refractivity contribution is 0.102. The Hall–Kier alpha value is -3.67. The van der Waals surface area contributed by atoms with E-state index in [-0.39, 0.29) is 17.1 Å². The highest BCUT2D eigenvalue weighted by Crippen LogP contribution is 2.25. The highest BCUT2D eigenvalue weighted by Gasteiger charge is 2.09. The third kappa shape index (κ3) is 3.37. The van der Waals surface area contributed by atoms with E-state index in [1.54, 1.807) is 24.8 Å². The molecule has 4 rings (SSSR count). The number of aromatic nitrogens is 3. The van der Waals surface area contributed by atoms with E-state index in [4.69, 9.17) is 10.2 Å². The third-order valence-electron chi connectivity index (χ3n) is 4.11. The molecule has 0 unspecified atom stereocenters. The van der Waals surface area contributed by atoms with Gasteiger partial charge < -0.3 is 14.6 Å². The van der Waals surface area contributed by atoms with Crippen LogP contribution in [0.15, 0.2) is 67.2 Å². The molecule has 0 radical (unpaired) electrons. The van der Waals surface area contributed by atoms with Crippen LogP contribution in [0.3, 0.4) is 0 Å². The van der Waals surface area contributed by atoms with Crippen molar-refractivity contribution in [3.8, 4) is 17.0 Å². The van der Waals surface area contributed by atoms with Crippen LogP contribution in [0, 0.1) is 0 Å². The summed E-state index contributed by atoms with van der Waals surface area (Å²) in [6, 6.07) is 5.73. The maximum absolute atomic E-state index is 12.8. The second kappa shape index (κ2) is 6.92. The van der Waals surface area contributed by atoms with Crippen LogP contribution in [0.4, 0.5) is 5.82 Å². The number of rotatable bonds is 4. The second-order valence-corrected chi connectivity index (χ2v) is 5.88. The van der Waals surface area contributed by atoms with Crippen LogP contribution >= 0.6 is 0 Å². The summed E-state index contributed by atoms with van der Waals surface area (Å²) in [4.78, 5) is 21.1. The van der Waals surface area contributed by atoms with Crippen molar-refractivity contribution in [2.45, 2.75) is 0 Å². The minimum Gasteiger partial charge on any atom is -0.497 e. The molecule has 1 N–H and O–H groups in total. The van der Waals surface area contributed by atoms with E-state index in [1.165, 1.54) is 7.11 Å². The number of amides is 1. The lowest BCUT2D eigenvalue weighted by Crippen LogP contribution is -2.12. The Morgan fingerprint density at radius 1 is 1.15 bits per heavy atom. The number of carbonyl (C=O) groups excluding carboxylic acids is 1. The number of benzene rings is 2. The molecule has 4 aromatic rings. The summed E-state index contributed by atoms with van der Waals surface area (Å²) >= 11 is 0. The van der Waals surface area contributed by atoms with Crippen LogP contribution in [-0.2, 0) is 7.05 Å². The van der Waals surface area contributed by atoms with Gasteiger partial charge in [0, 0.05) is 29.8 Å². The van der Waals surface area contributed by atoms with Gasteiger partial charge in [0.2, 0.25) is 0 Å². The van der Waals surface area contributed by atoms with E-state index in [1.807, 2.05) is 29.8 Å². The van der Waals surface area contributed by atoms with Crippen molar-refractivity contribution >= 4 is 22.5 Å². The van der Waals surface area contributed by atoms with Crippen molar-refractivity contribution in [2.24, 2.45) is 7.05 Å². The number of pyridine rings is 1. The van der Waals surface area contributed by atoms with Crippen LogP contribution in [0.5, 0.6) is 5.75 Å². The molecule has 134 valence electrons. The summed E-state index contributed by atoms with van der Waals surface area (Å²) < 4.78 is 38.9. The maximum Gasteiger partial charge on any atom is 0.256 e. The van der Waals surface area contributed by atoms with Crippen molar-refractivity contribution in [3.05, 3.63) is 72.7 Å². The van der Waals surface area contributed by atoms with Gasteiger partial charge in [-0.25, -0.2) is 9.97 Å². The maximum atomic E-state index is 12.8. The zero-order valence-electron chi connectivity index (χ0n) is 18.7. The standard InChI is InChI=1S/C21H18N4O2/c1-25-13-22-12-19(25)15-3-4-16-11-23-20(10-17(16)9-15)24-21(26)14-5-7-18(27-2)8-6-14/h3-13H,1-2H3,(H,23,24,26)/i5D,6D,7D,8D. The first kappa shape index (κ1) is 12.6. The number of hydrogen-bond acceptors (Lipinski definition) is 4. The number of methoxy groups -OCH3 is 1. The van der Waals surface area contributed by atoms with Crippen LogP contribution < -0.4 is 10.1 Å². The van der Waals surface area contributed by atoms with Gasteiger partial charge in [0.05, 0.1) is 30.8 Å². The summed E-state index contributed by atoms with van der Waals surface area (Å²) in [5, 5.41) is 4.28. The van der Waals surface area contributed by atoms with Crippen molar-refractivity contribution in [1.82, 2.24) is 14.5 Å². The predicted molar refractivity (Wildman–Crippen MR) is 105 cm³/mol. The van der Waals surface area contributed by atoms with Crippen molar-refractivity contribution < 1.29 is 15.0 Å². The summed E-state index contributed by atoms with van der Waals surface area (Å²) in [6.45, 7) is 0. The van der Waals surface area contributed by atoms with Crippen LogP contribution in [0.2, 0.25) is 0 Å². The van der Waals surface area contributed by atoms with E-state index < -0.39 is 30.1 Å². The molecule has 0 aliphatic carbocycles. The monoisotopic (exact) mass is 362 g/mol. The van der Waals surface area contributed by atoms with E-state index in [0.29, 0.717) is 0 Å². The van der Waals surface area contributed by atoms with Gasteiger partial charge in [-0.1, -0.05) is 12.1 Å². The summed E-state index contributed by atoms with van der Waals surface area (Å²) in [5.74, 6) is -0.764. The summed E-state index contributed by atoms with van der Waals surface area (Å²) in [5.41, 5.74) is 1.51. The van der Waals surface area contributed by atoms with Crippen molar-refractivity contribution in [2.75, 3.05) is 12.4 Å². The molecule has 0 aliphatic rings. The number of fused-ring (bicyclic) bond motifs is 1. The molecule has 0 saturated heterocycles. The quantitative estimate of drug-likeness (QED) is 0.598. The van der Waals surface area contributed by atoms with Gasteiger partial charge in [-0.2, -0.15) is 0 Å². The average molecular weight is 362 g/mol. The van der Waals surface area contributed by atoms with Crippen molar-refractivity contribution in [1.29, 1.82) is 0 Å². The molecule has 6 nitrogen and oxygen atoms in total. The Bertz CT molecular complexity index is 1310. The summed E-state index contributed by atoms with van der Waals surface area (Å²) in [7, 11) is 3.15. The lowest BCUT2D eigenvalue weighted by Gasteiger charge is -2.08. The predicted octanol–water partition coefficient (Wildman–Crippen LogP) is 3.90. The Kier molecular flexibility index (Phi) is 3.24. The molecular weight excluding hydrogens is 340 g/mol. The first-order valence-electron chi connectivity index (χ1n) is 10.1. The number of imidazole rings is 1. The normalized spacial score (nSPS) is 12.8. The van der Waals surface area contributed by atoms with Crippen molar-refractivity contribution in [3.63, 3.8) is 0 Å². The highest BCUT2D eigenvalue weighted by atomic mass is 16.5. The minimum absolute atomic E-state index is 0.210. The minimum atomic E-state index is -0.783. The van der Waals surface area contributed by atoms with E-state index in [2.05, 4.69) is 15.3 Å². The average Bonchev–Trinajstić information content (AvgIpc) is 3.18. The van der Waals surface area contributed by atoms with E-state index in [0.717, 1.165) is 22.0 Å². The molecule has 6 heteroatoms. The van der Waals surface area contributed by atoms with E-state index >= 15 is 0 Å². The van der Waals surface area contributed by atoms with Gasteiger partial charge in [-0.3, -0.25) is 4.79 Å². The Morgan fingerprint density at radius 2 is 1.96 bits per heavy atom. The molecule has 0 bridgehead atoms. The fraction of sp³-hybridized carbons (Fsp3) is 0.0952. The number of anilines is 1. The van der Waals surface area contributed by atoms with Crippen LogP contribution in [0.25, 0.3) is 22.0 Å². The third-order valence-corrected chi connectivity index (χ3v) is 4.11. The molecule has 0 atom stereocenters. The lowest BCUT2D eigenvalue weighted by atomic mass is 10.1. The van der Waals surface area contributed by atoms with Crippen LogP contribution in [0.1, 0.15) is 15.8 Å². The summed E-state index contributed by atoms with van der Waals surface area (Å²) in [6.07, 6.45) is 5.09. The van der Waals surface area contributed by atoms with Crippen LogP contribution in [-0.4, -0.2) is 27.6 Å². The fourth-order valence-corrected chi connectivity index (χ4v) is 2.70. The van der Waals surface area contributed by atoms with Gasteiger partial charge >= 0.3 is 0 Å². The van der Waals surface area contributed by atoms with Gasteiger partial charge in [0.1, 0.15) is 11.6 Å². The molecule has 27 heavy (non-hydrogen) atoms. The fourth-order valence-electron chi connectivity index (χ4n) is 2.70. The molecule has 2 heterocycles. The largest absolute Gasteiger partial charge is 0.497 e. The Labute approximate surface area is 162 Å². The zero-order chi connectivity index (χ0) is 22.3. The van der Waals surface area contributed by atoms with Gasteiger partial charge in [0.25, 0.3) is 5.91 Å². The molecule has 1 amide bonds. The number of hydrogen-bond donors (Lipinski definition) is 1. The first-order chi connectivity index (χ1) is 14.8. The van der Waals surface area contributed by atoms with E-state index in [9.17, 15) is 4.79 Å². The molecule has 0 saturated carbocycles. The highest BCUT2D eigenvalue weighted by molar-refractivity contribution is 6.04. The smallest absolute Gasteiger partial charge is 0.256 e. The number of carbonyl (C=O) groups is 1. The molecule has 0 fully saturated rings. The molecule has 2 aromatic carbocycles. The molecular formula is C21H18N4O2. The topological polar surface area (TPSA) is 69.0 Å².